The Labute approximate surface area is 171 Å². The Balaban J connectivity index is 2.81. The van der Waals surface area contributed by atoms with E-state index in [1.165, 1.54) is 6.92 Å². The lowest BCUT2D eigenvalue weighted by atomic mass is 10.2. The van der Waals surface area contributed by atoms with Crippen molar-refractivity contribution in [2.24, 2.45) is 0 Å². The van der Waals surface area contributed by atoms with Crippen LogP contribution in [0, 0.1) is 0 Å². The minimum absolute atomic E-state index is 0.0271. The van der Waals surface area contributed by atoms with Gasteiger partial charge in [0.05, 0.1) is 10.0 Å². The fraction of sp³-hybridized carbons (Fsp3) is 0.353. The number of nitrogens with one attached hydrogen (secondary N) is 1. The zero-order chi connectivity index (χ0) is 19.7. The van der Waals surface area contributed by atoms with Crippen molar-refractivity contribution >= 4 is 63.0 Å². The van der Waals surface area contributed by atoms with Crippen LogP contribution in [-0.4, -0.2) is 27.8 Å². The molecule has 0 atom stereocenters. The molecule has 0 spiro atoms. The van der Waals surface area contributed by atoms with E-state index in [1.54, 1.807) is 18.2 Å². The molecule has 0 aliphatic heterocycles. The highest BCUT2D eigenvalue weighted by Crippen LogP contribution is 2.23. The van der Waals surface area contributed by atoms with Crippen molar-refractivity contribution in [1.82, 2.24) is 5.32 Å². The number of benzene rings is 1. The maximum atomic E-state index is 12.2. The molecule has 0 aliphatic rings. The van der Waals surface area contributed by atoms with Gasteiger partial charge >= 0.3 is 6.09 Å². The molecule has 1 amide bonds. The van der Waals surface area contributed by atoms with Crippen molar-refractivity contribution in [2.75, 3.05) is 11.5 Å². The van der Waals surface area contributed by atoms with Crippen LogP contribution in [0.4, 0.5) is 4.79 Å². The Hall–Kier alpha value is -1.15. The van der Waals surface area contributed by atoms with Crippen molar-refractivity contribution in [1.29, 1.82) is 0 Å². The molecule has 0 aliphatic carbocycles. The summed E-state index contributed by atoms with van der Waals surface area (Å²) in [7, 11) is 0. The Morgan fingerprint density at radius 1 is 1.04 bits per heavy atom. The number of hydrogen-bond acceptors (Lipinski definition) is 6. The lowest BCUT2D eigenvalue weighted by Gasteiger charge is -2.11. The molecule has 0 aromatic heterocycles. The Kier molecular flexibility index (Phi) is 10.2. The third-order valence-corrected chi connectivity index (χ3v) is 5.23. The van der Waals surface area contributed by atoms with E-state index < -0.39 is 6.09 Å². The first-order valence-corrected chi connectivity index (χ1v) is 10.5. The van der Waals surface area contributed by atoms with Gasteiger partial charge in [0.1, 0.15) is 12.2 Å². The summed E-state index contributed by atoms with van der Waals surface area (Å²) < 4.78 is 5.10. The molecule has 1 N–H and O–H groups in total. The highest BCUT2D eigenvalue weighted by molar-refractivity contribution is 8.16. The zero-order valence-electron chi connectivity index (χ0n) is 14.6. The van der Waals surface area contributed by atoms with Crippen molar-refractivity contribution in [3.63, 3.8) is 0 Å². The SMILES string of the molecule is CCSC(=O)C(C(=O)SCC)=C(C)NC(=O)OCc1ccc(Cl)c(Cl)c1. The molecule has 0 saturated heterocycles. The van der Waals surface area contributed by atoms with Gasteiger partial charge < -0.3 is 4.74 Å². The predicted octanol–water partition coefficient (Wildman–Crippen LogP) is 5.05. The van der Waals surface area contributed by atoms with Gasteiger partial charge in [0.15, 0.2) is 0 Å². The van der Waals surface area contributed by atoms with Gasteiger partial charge in [-0.15, -0.1) is 0 Å². The fourth-order valence-electron chi connectivity index (χ4n) is 1.83. The molecule has 5 nitrogen and oxygen atoms in total. The Bertz CT molecular complexity index is 703. The second-order valence-corrected chi connectivity index (χ2v) is 8.18. The van der Waals surface area contributed by atoms with Crippen molar-refractivity contribution < 1.29 is 19.1 Å². The predicted molar refractivity (Wildman–Crippen MR) is 109 cm³/mol. The van der Waals surface area contributed by atoms with Gasteiger partial charge in [-0.1, -0.05) is 66.6 Å². The maximum absolute atomic E-state index is 12.2. The molecule has 0 saturated carbocycles. The van der Waals surface area contributed by atoms with Gasteiger partial charge in [-0.3, -0.25) is 14.9 Å². The molecule has 26 heavy (non-hydrogen) atoms. The molecular weight excluding hydrogens is 417 g/mol. The van der Waals surface area contributed by atoms with E-state index in [9.17, 15) is 14.4 Å². The van der Waals surface area contributed by atoms with Crippen LogP contribution in [0.5, 0.6) is 0 Å². The van der Waals surface area contributed by atoms with Gasteiger partial charge in [-0.2, -0.15) is 0 Å². The molecule has 0 radical (unpaired) electrons. The van der Waals surface area contributed by atoms with Crippen molar-refractivity contribution in [3.05, 3.63) is 45.1 Å². The van der Waals surface area contributed by atoms with Gasteiger partial charge in [-0.05, 0) is 36.1 Å². The number of thioether (sulfide) groups is 2. The van der Waals surface area contributed by atoms with Crippen molar-refractivity contribution in [2.45, 2.75) is 27.4 Å². The van der Waals surface area contributed by atoms with Gasteiger partial charge in [0.2, 0.25) is 10.2 Å². The summed E-state index contributed by atoms with van der Waals surface area (Å²) in [6.07, 6.45) is -0.769. The fourth-order valence-corrected chi connectivity index (χ4v) is 3.52. The normalized spacial score (nSPS) is 10.2. The van der Waals surface area contributed by atoms with Gasteiger partial charge in [-0.25, -0.2) is 4.79 Å². The van der Waals surface area contributed by atoms with E-state index in [1.807, 2.05) is 13.8 Å². The number of allylic oxidation sites excluding steroid dienone is 1. The minimum atomic E-state index is -0.769. The van der Waals surface area contributed by atoms with Crippen molar-refractivity contribution in [3.8, 4) is 0 Å². The first kappa shape index (κ1) is 22.9. The third kappa shape index (κ3) is 7.23. The quantitative estimate of drug-likeness (QED) is 0.366. The number of carbonyl (C=O) groups excluding carboxylic acids is 3. The number of ether oxygens (including phenoxy) is 1. The van der Waals surface area contributed by atoms with Gasteiger partial charge in [0, 0.05) is 5.70 Å². The molecule has 0 unspecified atom stereocenters. The van der Waals surface area contributed by atoms with E-state index in [4.69, 9.17) is 27.9 Å². The van der Waals surface area contributed by atoms with Crippen LogP contribution < -0.4 is 5.32 Å². The molecule has 142 valence electrons. The van der Waals surface area contributed by atoms with E-state index in [0.29, 0.717) is 27.1 Å². The number of halogens is 2. The summed E-state index contributed by atoms with van der Waals surface area (Å²) in [6.45, 7) is 5.09. The molecule has 0 bridgehead atoms. The molecule has 0 heterocycles. The van der Waals surface area contributed by atoms with Crippen LogP contribution in [0.2, 0.25) is 10.0 Å². The third-order valence-electron chi connectivity index (χ3n) is 2.98. The van der Waals surface area contributed by atoms with Crippen LogP contribution in [-0.2, 0) is 20.9 Å². The van der Waals surface area contributed by atoms with Crippen LogP contribution in [0.15, 0.2) is 29.5 Å². The molecule has 1 aromatic rings. The first-order valence-electron chi connectivity index (χ1n) is 7.72. The average Bonchev–Trinajstić information content (AvgIpc) is 2.56. The largest absolute Gasteiger partial charge is 0.444 e. The summed E-state index contributed by atoms with van der Waals surface area (Å²) >= 11 is 13.8. The van der Waals surface area contributed by atoms with Crippen LogP contribution >= 0.6 is 46.7 Å². The van der Waals surface area contributed by atoms with E-state index in [2.05, 4.69) is 5.32 Å². The minimum Gasteiger partial charge on any atom is -0.444 e. The Morgan fingerprint density at radius 2 is 1.62 bits per heavy atom. The van der Waals surface area contributed by atoms with Crippen LogP contribution in [0.3, 0.4) is 0 Å². The smallest absolute Gasteiger partial charge is 0.411 e. The molecular formula is C17H19Cl2NO4S2. The Morgan fingerprint density at radius 3 is 2.12 bits per heavy atom. The van der Waals surface area contributed by atoms with Crippen LogP contribution in [0.25, 0.3) is 0 Å². The van der Waals surface area contributed by atoms with Crippen LogP contribution in [0.1, 0.15) is 26.3 Å². The standard InChI is InChI=1S/C17H19Cl2NO4S2/c1-4-25-15(21)14(16(22)26-5-2)10(3)20-17(23)24-9-11-6-7-12(18)13(19)8-11/h6-8H,4-5,9H2,1-3H3,(H,20,23). The maximum Gasteiger partial charge on any atom is 0.411 e. The second-order valence-electron chi connectivity index (χ2n) is 4.89. The summed E-state index contributed by atoms with van der Waals surface area (Å²) in [5, 5.41) is 2.46. The lowest BCUT2D eigenvalue weighted by molar-refractivity contribution is -0.113. The zero-order valence-corrected chi connectivity index (χ0v) is 17.7. The molecule has 0 fully saturated rings. The van der Waals surface area contributed by atoms with E-state index in [-0.39, 0.29) is 28.1 Å². The number of amides is 1. The summed E-state index contributed by atoms with van der Waals surface area (Å²) in [5.74, 6) is 1.06. The number of alkyl carbamates (subject to hydrolysis) is 1. The number of rotatable bonds is 7. The van der Waals surface area contributed by atoms with E-state index >= 15 is 0 Å². The lowest BCUT2D eigenvalue weighted by Crippen LogP contribution is -2.26. The second kappa shape index (κ2) is 11.5. The first-order chi connectivity index (χ1) is 12.3. The summed E-state index contributed by atoms with van der Waals surface area (Å²) in [5.41, 5.74) is 0.794. The molecule has 1 rings (SSSR count). The monoisotopic (exact) mass is 435 g/mol. The summed E-state index contributed by atoms with van der Waals surface area (Å²) in [6, 6.07) is 4.87. The molecule has 1 aromatic carbocycles. The van der Waals surface area contributed by atoms with Gasteiger partial charge in [0.25, 0.3) is 0 Å². The topological polar surface area (TPSA) is 72.5 Å². The summed E-state index contributed by atoms with van der Waals surface area (Å²) in [4.78, 5) is 36.3. The van der Waals surface area contributed by atoms with E-state index in [0.717, 1.165) is 23.5 Å². The number of hydrogen-bond donors (Lipinski definition) is 1. The number of carbonyl (C=O) groups is 3. The average molecular weight is 436 g/mol. The highest BCUT2D eigenvalue weighted by atomic mass is 35.5. The highest BCUT2D eigenvalue weighted by Gasteiger charge is 2.22. The molecule has 9 heteroatoms.